The second-order valence-corrected chi connectivity index (χ2v) is 11.1. The molecule has 0 aliphatic carbocycles. The third-order valence-electron chi connectivity index (χ3n) is 7.22. The number of nitrogens with zero attached hydrogens (tertiary/aromatic N) is 1. The van der Waals surface area contributed by atoms with Gasteiger partial charge in [0.1, 0.15) is 4.88 Å². The first-order valence-electron chi connectivity index (χ1n) is 12.5. The molecule has 1 saturated heterocycles. The zero-order chi connectivity index (χ0) is 27.0. The van der Waals surface area contributed by atoms with Gasteiger partial charge in [0.05, 0.1) is 16.3 Å². The number of hydrogen-bond donors (Lipinski definition) is 2. The molecule has 8 heteroatoms. The number of rotatable bonds is 5. The SMILES string of the molecule is Cc1cccc(C)c1C1CCN(C(=O)c2ccc(NC(=O)c3sc4ccccc4c3Cl)c(C(=O)O)c2)CC1. The van der Waals surface area contributed by atoms with Gasteiger partial charge in [0.2, 0.25) is 0 Å². The number of likely N-dealkylation sites (tertiary alicyclic amines) is 1. The van der Waals surface area contributed by atoms with E-state index >= 15 is 0 Å². The van der Waals surface area contributed by atoms with Gasteiger partial charge in [-0.25, -0.2) is 4.79 Å². The fraction of sp³-hybridized carbons (Fsp3) is 0.233. The number of aromatic carboxylic acids is 1. The number of carboxylic acids is 1. The number of benzene rings is 3. The summed E-state index contributed by atoms with van der Waals surface area (Å²) in [6.07, 6.45) is 1.71. The minimum absolute atomic E-state index is 0.112. The van der Waals surface area contributed by atoms with Crippen molar-refractivity contribution in [3.8, 4) is 0 Å². The normalized spacial score (nSPS) is 14.0. The lowest BCUT2D eigenvalue weighted by atomic mass is 9.84. The summed E-state index contributed by atoms with van der Waals surface area (Å²) >= 11 is 7.66. The van der Waals surface area contributed by atoms with Gasteiger partial charge in [-0.1, -0.05) is 48.0 Å². The van der Waals surface area contributed by atoms with Crippen molar-refractivity contribution in [2.45, 2.75) is 32.6 Å². The molecule has 38 heavy (non-hydrogen) atoms. The van der Waals surface area contributed by atoms with Gasteiger partial charge in [0.15, 0.2) is 0 Å². The summed E-state index contributed by atoms with van der Waals surface area (Å²) in [5.41, 5.74) is 4.16. The average molecular weight is 547 g/mol. The van der Waals surface area contributed by atoms with Crippen LogP contribution in [0.25, 0.3) is 10.1 Å². The number of carbonyl (C=O) groups excluding carboxylic acids is 2. The number of carboxylic acid groups (broad SMARTS) is 1. The molecule has 4 aromatic rings. The van der Waals surface area contributed by atoms with Crippen LogP contribution < -0.4 is 5.32 Å². The molecule has 0 radical (unpaired) electrons. The second kappa shape index (κ2) is 10.6. The highest BCUT2D eigenvalue weighted by Crippen LogP contribution is 2.36. The van der Waals surface area contributed by atoms with Crippen molar-refractivity contribution in [1.29, 1.82) is 0 Å². The molecule has 6 nitrogen and oxygen atoms in total. The van der Waals surface area contributed by atoms with E-state index < -0.39 is 11.9 Å². The van der Waals surface area contributed by atoms with E-state index in [2.05, 4.69) is 37.4 Å². The Balaban J connectivity index is 1.32. The third-order valence-corrected chi connectivity index (χ3v) is 8.89. The predicted octanol–water partition coefficient (Wildman–Crippen LogP) is 7.14. The maximum atomic E-state index is 13.3. The van der Waals surface area contributed by atoms with Crippen molar-refractivity contribution >= 4 is 56.5 Å². The van der Waals surface area contributed by atoms with Crippen molar-refractivity contribution in [3.05, 3.63) is 98.4 Å². The molecular weight excluding hydrogens is 520 g/mol. The summed E-state index contributed by atoms with van der Waals surface area (Å²) in [6, 6.07) is 18.1. The lowest BCUT2D eigenvalue weighted by Crippen LogP contribution is -2.38. The molecule has 1 fully saturated rings. The molecule has 0 bridgehead atoms. The molecule has 0 unspecified atom stereocenters. The number of anilines is 1. The number of carbonyl (C=O) groups is 3. The van der Waals surface area contributed by atoms with Crippen molar-refractivity contribution in [3.63, 3.8) is 0 Å². The summed E-state index contributed by atoms with van der Waals surface area (Å²) in [4.78, 5) is 40.4. The first kappa shape index (κ1) is 25.9. The van der Waals surface area contributed by atoms with Crippen molar-refractivity contribution in [1.82, 2.24) is 4.90 Å². The van der Waals surface area contributed by atoms with Crippen LogP contribution in [0.4, 0.5) is 5.69 Å². The largest absolute Gasteiger partial charge is 0.478 e. The summed E-state index contributed by atoms with van der Waals surface area (Å²) < 4.78 is 0.864. The molecule has 194 valence electrons. The fourth-order valence-corrected chi connectivity index (χ4v) is 6.74. The van der Waals surface area contributed by atoms with E-state index in [4.69, 9.17) is 11.6 Å². The quantitative estimate of drug-likeness (QED) is 0.278. The first-order chi connectivity index (χ1) is 18.2. The predicted molar refractivity (Wildman–Crippen MR) is 152 cm³/mol. The van der Waals surface area contributed by atoms with E-state index in [1.54, 1.807) is 11.0 Å². The minimum Gasteiger partial charge on any atom is -0.478 e. The Morgan fingerprint density at radius 2 is 1.66 bits per heavy atom. The molecule has 3 aromatic carbocycles. The Hall–Kier alpha value is -3.68. The molecule has 0 spiro atoms. The standard InChI is InChI=1S/C30H27ClN2O4S/c1-17-6-5-7-18(2)25(17)19-12-14-33(15-13-19)29(35)20-10-11-23(22(16-20)30(36)37)32-28(34)27-26(31)21-8-3-4-9-24(21)38-27/h3-11,16,19H,12-15H2,1-2H3,(H,32,34)(H,36,37). The molecule has 1 aliphatic rings. The Kier molecular flexibility index (Phi) is 7.23. The van der Waals surface area contributed by atoms with Crippen LogP contribution in [0, 0.1) is 13.8 Å². The summed E-state index contributed by atoms with van der Waals surface area (Å²) in [5.74, 6) is -1.54. The van der Waals surface area contributed by atoms with Gasteiger partial charge < -0.3 is 15.3 Å². The van der Waals surface area contributed by atoms with Gasteiger partial charge in [0, 0.05) is 28.7 Å². The Bertz CT molecular complexity index is 1550. The number of piperidine rings is 1. The molecule has 5 rings (SSSR count). The Labute approximate surface area is 229 Å². The second-order valence-electron chi connectivity index (χ2n) is 9.63. The van der Waals surface area contributed by atoms with Crippen LogP contribution in [0.1, 0.15) is 65.8 Å². The molecule has 0 atom stereocenters. The average Bonchev–Trinajstić information content (AvgIpc) is 3.25. The van der Waals surface area contributed by atoms with Crippen LogP contribution >= 0.6 is 22.9 Å². The summed E-state index contributed by atoms with van der Waals surface area (Å²) in [7, 11) is 0. The summed E-state index contributed by atoms with van der Waals surface area (Å²) in [6.45, 7) is 5.45. The zero-order valence-electron chi connectivity index (χ0n) is 21.1. The van der Waals surface area contributed by atoms with E-state index in [9.17, 15) is 19.5 Å². The first-order valence-corrected chi connectivity index (χ1v) is 13.6. The van der Waals surface area contributed by atoms with Crippen molar-refractivity contribution < 1.29 is 19.5 Å². The van der Waals surface area contributed by atoms with E-state index in [0.29, 0.717) is 28.9 Å². The van der Waals surface area contributed by atoms with Crippen molar-refractivity contribution in [2.75, 3.05) is 18.4 Å². The van der Waals surface area contributed by atoms with Crippen LogP contribution in [-0.2, 0) is 0 Å². The lowest BCUT2D eigenvalue weighted by molar-refractivity contribution is 0.0698. The topological polar surface area (TPSA) is 86.7 Å². The van der Waals surface area contributed by atoms with Gasteiger partial charge in [-0.3, -0.25) is 9.59 Å². The number of fused-ring (bicyclic) bond motifs is 1. The minimum atomic E-state index is -1.23. The smallest absolute Gasteiger partial charge is 0.337 e. The number of aryl methyl sites for hydroxylation is 2. The van der Waals surface area contributed by atoms with Gasteiger partial charge in [0.25, 0.3) is 11.8 Å². The van der Waals surface area contributed by atoms with E-state index in [1.165, 1.54) is 40.2 Å². The van der Waals surface area contributed by atoms with Crippen LogP contribution in [0.15, 0.2) is 60.7 Å². The van der Waals surface area contributed by atoms with E-state index in [0.717, 1.165) is 22.9 Å². The highest BCUT2D eigenvalue weighted by atomic mass is 35.5. The monoisotopic (exact) mass is 546 g/mol. The van der Waals surface area contributed by atoms with Gasteiger partial charge >= 0.3 is 5.97 Å². The molecule has 2 N–H and O–H groups in total. The van der Waals surface area contributed by atoms with Crippen LogP contribution in [-0.4, -0.2) is 40.9 Å². The molecule has 2 amide bonds. The number of halogens is 1. The van der Waals surface area contributed by atoms with Crippen LogP contribution in [0.3, 0.4) is 0 Å². The van der Waals surface area contributed by atoms with Gasteiger partial charge in [-0.2, -0.15) is 0 Å². The Morgan fingerprint density at radius 1 is 0.974 bits per heavy atom. The highest BCUT2D eigenvalue weighted by Gasteiger charge is 2.27. The number of thiophene rings is 1. The van der Waals surface area contributed by atoms with Gasteiger partial charge in [-0.05, 0) is 73.6 Å². The number of amides is 2. The van der Waals surface area contributed by atoms with Crippen molar-refractivity contribution in [2.24, 2.45) is 0 Å². The maximum Gasteiger partial charge on any atom is 0.337 e. The highest BCUT2D eigenvalue weighted by molar-refractivity contribution is 7.21. The zero-order valence-corrected chi connectivity index (χ0v) is 22.7. The molecule has 1 aromatic heterocycles. The molecule has 1 aliphatic heterocycles. The third kappa shape index (κ3) is 4.91. The summed E-state index contributed by atoms with van der Waals surface area (Å²) in [5, 5.41) is 13.6. The van der Waals surface area contributed by atoms with Gasteiger partial charge in [-0.15, -0.1) is 11.3 Å². The lowest BCUT2D eigenvalue weighted by Gasteiger charge is -2.33. The molecular formula is C30H27ClN2O4S. The van der Waals surface area contributed by atoms with E-state index in [-0.39, 0.29) is 22.7 Å². The maximum absolute atomic E-state index is 13.3. The Morgan fingerprint density at radius 3 is 2.32 bits per heavy atom. The fourth-order valence-electron chi connectivity index (χ4n) is 5.33. The number of nitrogens with one attached hydrogen (secondary N) is 1. The van der Waals surface area contributed by atoms with E-state index in [1.807, 2.05) is 24.3 Å². The van der Waals surface area contributed by atoms with Crippen LogP contribution in [0.2, 0.25) is 5.02 Å². The number of hydrogen-bond acceptors (Lipinski definition) is 4. The molecule has 2 heterocycles. The van der Waals surface area contributed by atoms with Crippen LogP contribution in [0.5, 0.6) is 0 Å². The molecule has 0 saturated carbocycles.